The summed E-state index contributed by atoms with van der Waals surface area (Å²) in [6.07, 6.45) is 2.18. The molecule has 1 aromatic carbocycles. The molecule has 0 unspecified atom stereocenters. The highest BCUT2D eigenvalue weighted by Gasteiger charge is 2.62. The summed E-state index contributed by atoms with van der Waals surface area (Å²) in [5, 5.41) is 5.41. The third-order valence-corrected chi connectivity index (χ3v) is 10.7. The molecule has 3 aliphatic rings. The van der Waals surface area contributed by atoms with E-state index in [0.717, 1.165) is 0 Å². The van der Waals surface area contributed by atoms with Gasteiger partial charge in [0.1, 0.15) is 35.1 Å². The quantitative estimate of drug-likeness (QED) is 0.314. The van der Waals surface area contributed by atoms with Crippen LogP contribution in [0.4, 0.5) is 9.18 Å². The van der Waals surface area contributed by atoms with Crippen molar-refractivity contribution in [1.82, 2.24) is 25.2 Å². The molecule has 0 radical (unpaired) electrons. The Labute approximate surface area is 285 Å². The molecule has 3 N–H and O–H groups in total. The molecule has 1 aliphatic heterocycles. The lowest BCUT2D eigenvalue weighted by Gasteiger charge is -2.36. The second-order valence-corrected chi connectivity index (χ2v) is 17.0. The molecule has 4 amide bonds. The maximum Gasteiger partial charge on any atom is 0.408 e. The van der Waals surface area contributed by atoms with Crippen molar-refractivity contribution in [3.63, 3.8) is 0 Å². The number of hydrogen-bond donors (Lipinski definition) is 3. The standard InChI is InChI=1S/C34H44FN5O8S/c1-8-19-17-34(19,30(43)39-49(45,46)21-12-13-21)38-27(41)25-16-20(47-28-23-10-9-11-24(35)22(23)14-15-36-28)18-40(25)29(42)26(32(2,3)4)37-31(44)48-33(5,6)7/h8-11,14-15,19-21,25-26H,1,12-13,16-18H2,2-7H3,(H,37,44)(H,38,41)(H,39,43)/t19-,20-,25-,26-,34-/m1/s1. The fourth-order valence-corrected chi connectivity index (χ4v) is 7.39. The molecule has 49 heavy (non-hydrogen) atoms. The first-order valence-electron chi connectivity index (χ1n) is 16.3. The van der Waals surface area contributed by atoms with Gasteiger partial charge in [0.05, 0.1) is 11.8 Å². The number of likely N-dealkylation sites (tertiary alicyclic amines) is 1. The van der Waals surface area contributed by atoms with E-state index >= 15 is 0 Å². The van der Waals surface area contributed by atoms with Gasteiger partial charge in [0.2, 0.25) is 27.7 Å². The summed E-state index contributed by atoms with van der Waals surface area (Å²) in [6, 6.07) is 3.62. The van der Waals surface area contributed by atoms with Crippen LogP contribution in [0.15, 0.2) is 43.1 Å². The van der Waals surface area contributed by atoms with Crippen LogP contribution in [0.3, 0.4) is 0 Å². The molecule has 2 saturated carbocycles. The van der Waals surface area contributed by atoms with Crippen LogP contribution in [0.5, 0.6) is 5.88 Å². The second kappa shape index (κ2) is 12.9. The van der Waals surface area contributed by atoms with Crippen molar-refractivity contribution in [1.29, 1.82) is 0 Å². The number of aromatic nitrogens is 1. The Balaban J connectivity index is 1.44. The number of carbonyl (C=O) groups is 4. The van der Waals surface area contributed by atoms with Crippen LogP contribution in [-0.4, -0.2) is 83.2 Å². The lowest BCUT2D eigenvalue weighted by molar-refractivity contribution is -0.143. The largest absolute Gasteiger partial charge is 0.472 e. The van der Waals surface area contributed by atoms with Crippen molar-refractivity contribution in [2.45, 2.75) is 102 Å². The van der Waals surface area contributed by atoms with Crippen LogP contribution < -0.4 is 20.1 Å². The van der Waals surface area contributed by atoms with Crippen LogP contribution >= 0.6 is 0 Å². The van der Waals surface area contributed by atoms with Crippen LogP contribution in [0.2, 0.25) is 0 Å². The minimum Gasteiger partial charge on any atom is -0.472 e. The molecule has 1 saturated heterocycles. The van der Waals surface area contributed by atoms with Crippen molar-refractivity contribution < 1.29 is 41.5 Å². The number of fused-ring (bicyclic) bond motifs is 1. The molecule has 5 atom stereocenters. The number of halogens is 1. The fraction of sp³-hybridized carbons (Fsp3) is 0.559. The number of nitrogens with zero attached hydrogens (tertiary/aromatic N) is 2. The first-order chi connectivity index (χ1) is 22.8. The van der Waals surface area contributed by atoms with E-state index in [4.69, 9.17) is 9.47 Å². The molecule has 0 bridgehead atoms. The molecule has 2 aliphatic carbocycles. The average molecular weight is 702 g/mol. The van der Waals surface area contributed by atoms with E-state index in [1.807, 2.05) is 0 Å². The summed E-state index contributed by atoms with van der Waals surface area (Å²) in [7, 11) is -3.91. The van der Waals surface area contributed by atoms with Gasteiger partial charge >= 0.3 is 6.09 Å². The van der Waals surface area contributed by atoms with Gasteiger partial charge in [-0.05, 0) is 63.6 Å². The first kappa shape index (κ1) is 36.0. The molecular formula is C34H44FN5O8S. The Morgan fingerprint density at radius 1 is 1.10 bits per heavy atom. The van der Waals surface area contributed by atoms with Crippen molar-refractivity contribution in [2.75, 3.05) is 6.54 Å². The van der Waals surface area contributed by atoms with Crippen LogP contribution in [0, 0.1) is 17.2 Å². The van der Waals surface area contributed by atoms with Gasteiger partial charge in [0, 0.05) is 29.3 Å². The van der Waals surface area contributed by atoms with E-state index in [1.54, 1.807) is 47.6 Å². The Hall–Kier alpha value is -4.27. The number of benzene rings is 1. The van der Waals surface area contributed by atoms with Gasteiger partial charge in [-0.15, -0.1) is 6.58 Å². The molecule has 3 fully saturated rings. The Kier molecular flexibility index (Phi) is 9.47. The smallest absolute Gasteiger partial charge is 0.408 e. The fourth-order valence-electron chi connectivity index (χ4n) is 6.03. The number of sulfonamides is 1. The predicted molar refractivity (Wildman–Crippen MR) is 178 cm³/mol. The number of rotatable bonds is 10. The minimum absolute atomic E-state index is 0.0505. The topological polar surface area (TPSA) is 173 Å². The summed E-state index contributed by atoms with van der Waals surface area (Å²) in [5.41, 5.74) is -3.27. The van der Waals surface area contributed by atoms with E-state index in [1.165, 1.54) is 35.4 Å². The Bertz CT molecular complexity index is 1780. The summed E-state index contributed by atoms with van der Waals surface area (Å²) in [4.78, 5) is 60.3. The van der Waals surface area contributed by atoms with Gasteiger partial charge in [0.15, 0.2) is 0 Å². The highest BCUT2D eigenvalue weighted by molar-refractivity contribution is 7.91. The summed E-state index contributed by atoms with van der Waals surface area (Å²) >= 11 is 0. The SMILES string of the molecule is C=C[C@@H]1C[C@]1(NC(=O)[C@H]1C[C@@H](Oc2nccc3c(F)cccc23)CN1C(=O)[C@@H](NC(=O)OC(C)(C)C)C(C)(C)C)C(=O)NS(=O)(=O)C1CC1. The van der Waals surface area contributed by atoms with Crippen molar-refractivity contribution in [3.05, 3.63) is 48.9 Å². The third-order valence-electron chi connectivity index (χ3n) is 8.87. The molecule has 15 heteroatoms. The van der Waals surface area contributed by atoms with Crippen molar-refractivity contribution in [2.24, 2.45) is 11.3 Å². The number of alkyl carbamates (subject to hydrolysis) is 1. The molecule has 266 valence electrons. The normalized spacial score (nSPS) is 24.5. The maximum absolute atomic E-state index is 14.6. The van der Waals surface area contributed by atoms with E-state index in [2.05, 4.69) is 26.9 Å². The summed E-state index contributed by atoms with van der Waals surface area (Å²) in [5.74, 6) is -3.11. The number of pyridine rings is 1. The Morgan fingerprint density at radius 3 is 2.39 bits per heavy atom. The number of amides is 4. The van der Waals surface area contributed by atoms with E-state index < -0.39 is 85.6 Å². The number of carbonyl (C=O) groups excluding carboxylic acids is 4. The van der Waals surface area contributed by atoms with Gasteiger partial charge in [-0.3, -0.25) is 19.1 Å². The highest BCUT2D eigenvalue weighted by atomic mass is 32.2. The number of nitrogens with one attached hydrogen (secondary N) is 3. The molecule has 13 nitrogen and oxygen atoms in total. The zero-order valence-electron chi connectivity index (χ0n) is 28.5. The zero-order valence-corrected chi connectivity index (χ0v) is 29.4. The second-order valence-electron chi connectivity index (χ2n) is 15.1. The number of ether oxygens (including phenoxy) is 2. The molecule has 5 rings (SSSR count). The van der Waals surface area contributed by atoms with Crippen LogP contribution in [-0.2, 0) is 29.1 Å². The van der Waals surface area contributed by atoms with Gasteiger partial charge in [0.25, 0.3) is 5.91 Å². The molecule has 0 spiro atoms. The highest BCUT2D eigenvalue weighted by Crippen LogP contribution is 2.45. The molecule has 2 aromatic rings. The van der Waals surface area contributed by atoms with E-state index in [9.17, 15) is 32.0 Å². The lowest BCUT2D eigenvalue weighted by atomic mass is 9.85. The molecule has 2 heterocycles. The zero-order chi connectivity index (χ0) is 36.1. The summed E-state index contributed by atoms with van der Waals surface area (Å²) < 4.78 is 53.5. The lowest BCUT2D eigenvalue weighted by Crippen LogP contribution is -2.60. The molecule has 1 aromatic heterocycles. The van der Waals surface area contributed by atoms with Crippen molar-refractivity contribution in [3.8, 4) is 5.88 Å². The Morgan fingerprint density at radius 2 is 1.80 bits per heavy atom. The van der Waals surface area contributed by atoms with Gasteiger partial charge < -0.3 is 25.0 Å². The van der Waals surface area contributed by atoms with E-state index in [0.29, 0.717) is 18.2 Å². The third kappa shape index (κ3) is 7.81. The van der Waals surface area contributed by atoms with Gasteiger partial charge in [-0.2, -0.15) is 0 Å². The first-order valence-corrected chi connectivity index (χ1v) is 17.8. The predicted octanol–water partition coefficient (Wildman–Crippen LogP) is 3.33. The van der Waals surface area contributed by atoms with Crippen LogP contribution in [0.25, 0.3) is 10.8 Å². The number of hydrogen-bond acceptors (Lipinski definition) is 9. The van der Waals surface area contributed by atoms with Gasteiger partial charge in [-0.25, -0.2) is 22.6 Å². The van der Waals surface area contributed by atoms with Crippen molar-refractivity contribution >= 4 is 44.6 Å². The minimum atomic E-state index is -3.91. The van der Waals surface area contributed by atoms with E-state index in [-0.39, 0.29) is 30.7 Å². The van der Waals surface area contributed by atoms with Crippen LogP contribution in [0.1, 0.15) is 67.2 Å². The maximum atomic E-state index is 14.6. The summed E-state index contributed by atoms with van der Waals surface area (Å²) in [6.45, 7) is 13.9. The average Bonchev–Trinajstić information content (AvgIpc) is 3.91. The molecular weight excluding hydrogens is 657 g/mol. The van der Waals surface area contributed by atoms with Gasteiger partial charge in [-0.1, -0.05) is 32.9 Å². The monoisotopic (exact) mass is 701 g/mol.